The highest BCUT2D eigenvalue weighted by atomic mass is 79.9. The molecule has 22 heteroatoms. The molecule has 0 amide bonds. The Bertz CT molecular complexity index is 4470. The van der Waals surface area contributed by atoms with Crippen LogP contribution in [0.1, 0.15) is 86.2 Å². The predicted octanol–water partition coefficient (Wildman–Crippen LogP) is 14.9. The fourth-order valence-electron chi connectivity index (χ4n) is 9.07. The summed E-state index contributed by atoms with van der Waals surface area (Å²) < 4.78 is 70.6. The lowest BCUT2D eigenvalue weighted by Gasteiger charge is -2.07. The number of nitrogens with zero attached hydrogens (tertiary/aromatic N) is 8. The van der Waals surface area contributed by atoms with Crippen molar-refractivity contribution >= 4 is 99.1 Å². The summed E-state index contributed by atoms with van der Waals surface area (Å²) in [6.07, 6.45) is 2.65. The van der Waals surface area contributed by atoms with E-state index in [2.05, 4.69) is 52.3 Å². The van der Waals surface area contributed by atoms with E-state index in [9.17, 15) is 47.0 Å². The minimum Gasteiger partial charge on any atom is -0.508 e. The summed E-state index contributed by atoms with van der Waals surface area (Å²) in [6, 6.07) is 40.1. The first kappa shape index (κ1) is 64.2. The highest BCUT2D eigenvalue weighted by Crippen LogP contribution is 2.35. The maximum atomic E-state index is 13.6. The molecule has 4 heterocycles. The number of aromatic hydroxyl groups is 2. The van der Waals surface area contributed by atoms with Gasteiger partial charge in [-0.1, -0.05) is 0 Å². The topological polar surface area (TPSA) is 198 Å². The minimum atomic E-state index is -0.421. The van der Waals surface area contributed by atoms with Gasteiger partial charge in [-0.15, -0.1) is 0 Å². The van der Waals surface area contributed by atoms with Crippen molar-refractivity contribution in [3.63, 3.8) is 0 Å². The average molecular weight is 1330 g/mol. The Morgan fingerprint density at radius 2 is 0.830 bits per heavy atom. The number of phenolic OH excluding ortho intramolecular Hbond substituents is 2. The Labute approximate surface area is 518 Å². The zero-order valence-electron chi connectivity index (χ0n) is 48.2. The van der Waals surface area contributed by atoms with Crippen molar-refractivity contribution in [2.45, 2.75) is 53.9 Å². The van der Waals surface area contributed by atoms with Crippen molar-refractivity contribution in [2.24, 2.45) is 0 Å². The van der Waals surface area contributed by atoms with Gasteiger partial charge in [0.2, 0.25) is 17.3 Å². The predicted molar refractivity (Wildman–Crippen MR) is 335 cm³/mol. The van der Waals surface area contributed by atoms with Gasteiger partial charge in [-0.2, -0.15) is 20.4 Å². The molecule has 0 radical (unpaired) electrons. The molecule has 0 atom stereocenters. The monoisotopic (exact) mass is 1320 g/mol. The number of aryl methyl sites for hydroxylation is 4. The number of carbonyl (C=O) groups excluding carboxylic acids is 4. The summed E-state index contributed by atoms with van der Waals surface area (Å²) in [5.41, 5.74) is 5.66. The molecule has 0 bridgehead atoms. The van der Waals surface area contributed by atoms with E-state index in [0.717, 1.165) is 29.5 Å². The Hall–Kier alpha value is -9.80. The number of aldehydes is 1. The average Bonchev–Trinajstić information content (AvgIpc) is 3.79. The molecule has 88 heavy (non-hydrogen) atoms. The number of hydrogen-bond donors (Lipinski definition) is 2. The van der Waals surface area contributed by atoms with Crippen LogP contribution in [0.25, 0.3) is 43.6 Å². The number of ketones is 3. The van der Waals surface area contributed by atoms with Crippen LogP contribution in [-0.4, -0.2) is 87.2 Å². The van der Waals surface area contributed by atoms with Crippen LogP contribution in [0.3, 0.4) is 0 Å². The van der Waals surface area contributed by atoms with Crippen molar-refractivity contribution in [2.75, 3.05) is 14.2 Å². The van der Waals surface area contributed by atoms with Crippen molar-refractivity contribution in [3.05, 3.63) is 235 Å². The van der Waals surface area contributed by atoms with Crippen molar-refractivity contribution in [1.29, 1.82) is 0 Å². The van der Waals surface area contributed by atoms with Gasteiger partial charge in [0, 0.05) is 76.2 Å². The summed E-state index contributed by atoms with van der Waals surface area (Å²) in [6.45, 7) is 9.98. The van der Waals surface area contributed by atoms with Crippen LogP contribution in [0.4, 0.5) is 17.6 Å². The first-order valence-electron chi connectivity index (χ1n) is 27.3. The molecule has 2 N–H and O–H groups in total. The van der Waals surface area contributed by atoms with Crippen LogP contribution < -0.4 is 9.47 Å². The molecule has 12 aromatic rings. The molecule has 0 spiro atoms. The van der Waals surface area contributed by atoms with Crippen LogP contribution in [-0.2, 0) is 26.2 Å². The summed E-state index contributed by atoms with van der Waals surface area (Å²) in [7, 11) is 3.16. The maximum Gasteiger partial charge on any atom is 0.211 e. The van der Waals surface area contributed by atoms with E-state index in [1.165, 1.54) is 84.9 Å². The van der Waals surface area contributed by atoms with Crippen LogP contribution in [0.15, 0.2) is 173 Å². The fraction of sp³-hybridized carbons (Fsp3) is 0.152. The molecule has 0 saturated carbocycles. The van der Waals surface area contributed by atoms with Gasteiger partial charge < -0.3 is 19.7 Å². The van der Waals surface area contributed by atoms with Crippen LogP contribution >= 0.6 is 31.9 Å². The van der Waals surface area contributed by atoms with Gasteiger partial charge in [0.25, 0.3) is 0 Å². The summed E-state index contributed by atoms with van der Waals surface area (Å²) >= 11 is 6.42. The number of phenols is 2. The molecule has 0 fully saturated rings. The number of ether oxygens (including phenoxy) is 2. The quantitative estimate of drug-likeness (QED) is 0.0630. The standard InChI is InChI=1S/C17H15FN2O2.C16H11Br2FN2O2.C16H13FN2O2.C9H9FN2.C8H8O2/c1-3-20-16(14-10-12(18)6-9-15(14)19-20)17(21)11-4-7-13(22-2)8-5-11;1-2-21-14(10-7-9(19)3-4-13(10)20-21)15(22)8-5-11(17)16(23)12(18)6-8;1-2-19-15(13-9-11(17)5-8-14(13)18-19)16(21)10-3-6-12(20)7-4-10;1-2-12-6-7-5-8(10)3-4-9(7)11-12;1-10-8-4-2-7(6-9)3-5-8/h4-10H,3H2,1-2H3;3-7,23H,2H2,1H3;3-9,20H,2H2,1H3;3-6H,2H2,1H3;2-6H,1H3. The van der Waals surface area contributed by atoms with Crippen molar-refractivity contribution < 1.29 is 56.4 Å². The molecule has 0 unspecified atom stereocenters. The molecule has 0 aliphatic carbocycles. The van der Waals surface area contributed by atoms with Crippen LogP contribution in [0.2, 0.25) is 0 Å². The number of aromatic nitrogens is 8. The molecule has 0 aliphatic heterocycles. The third-order valence-electron chi connectivity index (χ3n) is 13.5. The molecule has 12 rings (SSSR count). The van der Waals surface area contributed by atoms with Gasteiger partial charge in [-0.3, -0.25) is 37.9 Å². The molecular weight excluding hydrogens is 1270 g/mol. The van der Waals surface area contributed by atoms with Gasteiger partial charge in [-0.25, -0.2) is 17.6 Å². The molecule has 450 valence electrons. The number of carbonyl (C=O) groups is 4. The number of methoxy groups -OCH3 is 2. The zero-order chi connectivity index (χ0) is 63.3. The van der Waals surface area contributed by atoms with E-state index in [1.807, 2.05) is 33.9 Å². The molecular formula is C66H56Br2F4N8O8. The molecule has 0 saturated heterocycles. The highest BCUT2D eigenvalue weighted by Gasteiger charge is 2.24. The zero-order valence-corrected chi connectivity index (χ0v) is 51.4. The third-order valence-corrected chi connectivity index (χ3v) is 14.7. The Morgan fingerprint density at radius 1 is 0.466 bits per heavy atom. The van der Waals surface area contributed by atoms with Crippen molar-refractivity contribution in [1.82, 2.24) is 39.1 Å². The normalized spacial score (nSPS) is 10.7. The van der Waals surface area contributed by atoms with E-state index in [0.29, 0.717) is 106 Å². The van der Waals surface area contributed by atoms with E-state index in [-0.39, 0.29) is 40.5 Å². The summed E-state index contributed by atoms with van der Waals surface area (Å²) in [5, 5.41) is 38.7. The number of halogens is 6. The van der Waals surface area contributed by atoms with Crippen LogP contribution in [0.5, 0.6) is 23.0 Å². The third kappa shape index (κ3) is 14.9. The fourth-order valence-corrected chi connectivity index (χ4v) is 10.3. The number of rotatable bonds is 13. The Morgan fingerprint density at radius 3 is 1.20 bits per heavy atom. The lowest BCUT2D eigenvalue weighted by Crippen LogP contribution is -2.11. The van der Waals surface area contributed by atoms with E-state index >= 15 is 0 Å². The SMILES string of the molecule is CCn1cc2cc(F)ccc2n1.CCn1nc2ccc(F)cc2c1C(=O)c1cc(Br)c(O)c(Br)c1.CCn1nc2ccc(F)cc2c1C(=O)c1ccc(O)cc1.CCn1nc2ccc(F)cc2c1C(=O)c1ccc(OC)cc1.COc1ccc(C=O)cc1. The van der Waals surface area contributed by atoms with Crippen LogP contribution in [0, 0.1) is 23.3 Å². The maximum absolute atomic E-state index is 13.6. The Balaban J connectivity index is 0.000000147. The second kappa shape index (κ2) is 29.1. The van der Waals surface area contributed by atoms with Gasteiger partial charge >= 0.3 is 0 Å². The smallest absolute Gasteiger partial charge is 0.211 e. The Kier molecular flexibility index (Phi) is 21.2. The molecule has 4 aromatic heterocycles. The first-order valence-corrected chi connectivity index (χ1v) is 28.9. The van der Waals surface area contributed by atoms with E-state index < -0.39 is 11.6 Å². The second-order valence-electron chi connectivity index (χ2n) is 19.1. The van der Waals surface area contributed by atoms with Gasteiger partial charge in [0.1, 0.15) is 69.6 Å². The lowest BCUT2D eigenvalue weighted by atomic mass is 10.0. The van der Waals surface area contributed by atoms with Gasteiger partial charge in [-0.05, 0) is 217 Å². The number of fused-ring (bicyclic) bond motifs is 4. The largest absolute Gasteiger partial charge is 0.508 e. The minimum absolute atomic E-state index is 0.0152. The highest BCUT2D eigenvalue weighted by molar-refractivity contribution is 9.11. The van der Waals surface area contributed by atoms with Gasteiger partial charge in [0.05, 0.1) is 45.2 Å². The second-order valence-corrected chi connectivity index (χ2v) is 20.8. The van der Waals surface area contributed by atoms with E-state index in [1.54, 1.807) is 106 Å². The van der Waals surface area contributed by atoms with Crippen molar-refractivity contribution in [3.8, 4) is 23.0 Å². The summed E-state index contributed by atoms with van der Waals surface area (Å²) in [5.74, 6) is -0.586. The molecule has 0 aliphatic rings. The summed E-state index contributed by atoms with van der Waals surface area (Å²) in [4.78, 5) is 48.5. The van der Waals surface area contributed by atoms with Gasteiger partial charge in [0.15, 0.2) is 0 Å². The number of benzene rings is 8. The molecule has 16 nitrogen and oxygen atoms in total. The lowest BCUT2D eigenvalue weighted by molar-refractivity contribution is 0.102. The van der Waals surface area contributed by atoms with E-state index in [4.69, 9.17) is 9.47 Å². The first-order chi connectivity index (χ1) is 42.3. The molecule has 8 aromatic carbocycles. The number of hydrogen-bond acceptors (Lipinski definition) is 12.